The summed E-state index contributed by atoms with van der Waals surface area (Å²) in [6, 6.07) is 16.1. The lowest BCUT2D eigenvalue weighted by molar-refractivity contribution is -0.119. The van der Waals surface area contributed by atoms with Crippen LogP contribution in [-0.2, 0) is 16.6 Å². The topological polar surface area (TPSA) is 38.3 Å². The fraction of sp³-hybridized carbons (Fsp3) is 0.278. The van der Waals surface area contributed by atoms with Gasteiger partial charge in [-0.15, -0.1) is 0 Å². The van der Waals surface area contributed by atoms with Crippen LogP contribution in [-0.4, -0.2) is 12.5 Å². The standard InChI is InChI=1S/C18H19NO2/c1-18(2)15-12-14(8-9-16(15)19-17(18)20)21-11-10-13-6-4-3-5-7-13/h3-9,12H,10-11H2,1-2H3,(H,19,20). The van der Waals surface area contributed by atoms with Crippen LogP contribution in [0, 0.1) is 0 Å². The molecule has 1 heterocycles. The second-order valence-electron chi connectivity index (χ2n) is 5.87. The number of hydrogen-bond donors (Lipinski definition) is 1. The summed E-state index contributed by atoms with van der Waals surface area (Å²) in [5.41, 5.74) is 2.66. The van der Waals surface area contributed by atoms with Gasteiger partial charge >= 0.3 is 0 Å². The predicted molar refractivity (Wildman–Crippen MR) is 83.7 cm³/mol. The van der Waals surface area contributed by atoms with E-state index >= 15 is 0 Å². The van der Waals surface area contributed by atoms with Gasteiger partial charge in [-0.25, -0.2) is 0 Å². The number of anilines is 1. The summed E-state index contributed by atoms with van der Waals surface area (Å²) < 4.78 is 5.82. The first-order valence-electron chi connectivity index (χ1n) is 7.20. The van der Waals surface area contributed by atoms with Gasteiger partial charge in [0.1, 0.15) is 5.75 Å². The van der Waals surface area contributed by atoms with E-state index in [4.69, 9.17) is 4.74 Å². The van der Waals surface area contributed by atoms with Crippen LogP contribution >= 0.6 is 0 Å². The first-order chi connectivity index (χ1) is 10.1. The molecule has 3 nitrogen and oxygen atoms in total. The van der Waals surface area contributed by atoms with Gasteiger partial charge in [-0.05, 0) is 43.2 Å². The molecule has 1 aliphatic rings. The Morgan fingerprint density at radius 1 is 1.10 bits per heavy atom. The molecular formula is C18H19NO2. The van der Waals surface area contributed by atoms with Crippen LogP contribution in [0.2, 0.25) is 0 Å². The first-order valence-corrected chi connectivity index (χ1v) is 7.20. The zero-order valence-corrected chi connectivity index (χ0v) is 12.3. The Morgan fingerprint density at radius 3 is 2.62 bits per heavy atom. The van der Waals surface area contributed by atoms with Gasteiger partial charge in [0, 0.05) is 12.1 Å². The van der Waals surface area contributed by atoms with Crippen molar-refractivity contribution in [2.24, 2.45) is 0 Å². The average molecular weight is 281 g/mol. The molecule has 2 aromatic carbocycles. The summed E-state index contributed by atoms with van der Waals surface area (Å²) in [5.74, 6) is 0.855. The molecule has 1 N–H and O–H groups in total. The second-order valence-corrected chi connectivity index (χ2v) is 5.87. The zero-order valence-electron chi connectivity index (χ0n) is 12.3. The largest absolute Gasteiger partial charge is 0.493 e. The fourth-order valence-corrected chi connectivity index (χ4v) is 2.57. The van der Waals surface area contributed by atoms with Crippen LogP contribution < -0.4 is 10.1 Å². The summed E-state index contributed by atoms with van der Waals surface area (Å²) in [5, 5.41) is 2.90. The molecule has 0 unspecified atom stereocenters. The number of benzene rings is 2. The van der Waals surface area contributed by atoms with Gasteiger partial charge in [0.15, 0.2) is 0 Å². The lowest BCUT2D eigenvalue weighted by atomic mass is 9.86. The highest BCUT2D eigenvalue weighted by Gasteiger charge is 2.38. The lowest BCUT2D eigenvalue weighted by Gasteiger charge is -2.16. The molecule has 0 spiro atoms. The van der Waals surface area contributed by atoms with E-state index in [9.17, 15) is 4.79 Å². The molecule has 21 heavy (non-hydrogen) atoms. The molecule has 3 rings (SSSR count). The number of nitrogens with one attached hydrogen (secondary N) is 1. The number of carbonyl (C=O) groups excluding carboxylic acids is 1. The molecule has 1 aliphatic heterocycles. The highest BCUT2D eigenvalue weighted by molar-refractivity contribution is 6.05. The number of ether oxygens (including phenoxy) is 1. The predicted octanol–water partition coefficient (Wildman–Crippen LogP) is 3.54. The van der Waals surface area contributed by atoms with E-state index in [1.54, 1.807) is 0 Å². The maximum Gasteiger partial charge on any atom is 0.234 e. The summed E-state index contributed by atoms with van der Waals surface area (Å²) in [7, 11) is 0. The SMILES string of the molecule is CC1(C)C(=O)Nc2ccc(OCCc3ccccc3)cc21. The molecule has 1 amide bonds. The van der Waals surface area contributed by atoms with Crippen molar-refractivity contribution in [3.8, 4) is 5.75 Å². The summed E-state index contributed by atoms with van der Waals surface area (Å²) in [6.07, 6.45) is 0.874. The highest BCUT2D eigenvalue weighted by atomic mass is 16.5. The van der Waals surface area contributed by atoms with Gasteiger partial charge in [0.25, 0.3) is 0 Å². The van der Waals surface area contributed by atoms with Gasteiger partial charge < -0.3 is 10.1 Å². The Morgan fingerprint density at radius 2 is 1.86 bits per heavy atom. The van der Waals surface area contributed by atoms with E-state index in [1.165, 1.54) is 5.56 Å². The second kappa shape index (κ2) is 5.24. The quantitative estimate of drug-likeness (QED) is 0.931. The summed E-state index contributed by atoms with van der Waals surface area (Å²) in [4.78, 5) is 11.9. The maximum absolute atomic E-state index is 11.9. The van der Waals surface area contributed by atoms with Gasteiger partial charge in [-0.3, -0.25) is 4.79 Å². The van der Waals surface area contributed by atoms with Gasteiger partial charge in [0.05, 0.1) is 12.0 Å². The third-order valence-electron chi connectivity index (χ3n) is 3.98. The van der Waals surface area contributed by atoms with E-state index in [1.807, 2.05) is 50.2 Å². The van der Waals surface area contributed by atoms with E-state index in [0.717, 1.165) is 23.4 Å². The van der Waals surface area contributed by atoms with Crippen LogP contribution in [0.4, 0.5) is 5.69 Å². The van der Waals surface area contributed by atoms with Crippen LogP contribution in [0.5, 0.6) is 5.75 Å². The number of rotatable bonds is 4. The Labute approximate surface area is 124 Å². The van der Waals surface area contributed by atoms with Crippen molar-refractivity contribution in [1.29, 1.82) is 0 Å². The molecule has 0 aromatic heterocycles. The van der Waals surface area contributed by atoms with E-state index < -0.39 is 5.41 Å². The minimum absolute atomic E-state index is 0.0407. The Bertz CT molecular complexity index is 662. The average Bonchev–Trinajstić information content (AvgIpc) is 2.71. The van der Waals surface area contributed by atoms with Gasteiger partial charge in [0.2, 0.25) is 5.91 Å². The number of carbonyl (C=O) groups is 1. The normalized spacial score (nSPS) is 15.4. The third-order valence-corrected chi connectivity index (χ3v) is 3.98. The van der Waals surface area contributed by atoms with Crippen molar-refractivity contribution >= 4 is 11.6 Å². The van der Waals surface area contributed by atoms with E-state index in [2.05, 4.69) is 17.4 Å². The first kappa shape index (κ1) is 13.7. The molecule has 0 atom stereocenters. The molecular weight excluding hydrogens is 262 g/mol. The van der Waals surface area contributed by atoms with Crippen molar-refractivity contribution < 1.29 is 9.53 Å². The van der Waals surface area contributed by atoms with Crippen LogP contribution in [0.25, 0.3) is 0 Å². The lowest BCUT2D eigenvalue weighted by Crippen LogP contribution is -2.26. The Hall–Kier alpha value is -2.29. The molecule has 0 saturated carbocycles. The Kier molecular flexibility index (Phi) is 3.42. The molecule has 108 valence electrons. The maximum atomic E-state index is 11.9. The monoisotopic (exact) mass is 281 g/mol. The van der Waals surface area contributed by atoms with Crippen LogP contribution in [0.15, 0.2) is 48.5 Å². The minimum Gasteiger partial charge on any atom is -0.493 e. The van der Waals surface area contributed by atoms with Crippen molar-refractivity contribution in [2.75, 3.05) is 11.9 Å². The molecule has 0 aliphatic carbocycles. The number of hydrogen-bond acceptors (Lipinski definition) is 2. The summed E-state index contributed by atoms with van der Waals surface area (Å²) in [6.45, 7) is 4.49. The van der Waals surface area contributed by atoms with Gasteiger partial charge in [-0.1, -0.05) is 30.3 Å². The van der Waals surface area contributed by atoms with Crippen LogP contribution in [0.3, 0.4) is 0 Å². The molecule has 0 fully saturated rings. The van der Waals surface area contributed by atoms with Crippen LogP contribution in [0.1, 0.15) is 25.0 Å². The molecule has 2 aromatic rings. The highest BCUT2D eigenvalue weighted by Crippen LogP contribution is 2.39. The molecule has 0 saturated heterocycles. The van der Waals surface area contributed by atoms with Crippen molar-refractivity contribution in [1.82, 2.24) is 0 Å². The molecule has 3 heteroatoms. The Balaban J connectivity index is 1.68. The van der Waals surface area contributed by atoms with E-state index in [0.29, 0.717) is 6.61 Å². The van der Waals surface area contributed by atoms with Gasteiger partial charge in [-0.2, -0.15) is 0 Å². The number of amides is 1. The molecule has 0 bridgehead atoms. The van der Waals surface area contributed by atoms with E-state index in [-0.39, 0.29) is 5.91 Å². The van der Waals surface area contributed by atoms with Crippen molar-refractivity contribution in [3.05, 3.63) is 59.7 Å². The molecule has 0 radical (unpaired) electrons. The van der Waals surface area contributed by atoms with Crippen molar-refractivity contribution in [2.45, 2.75) is 25.7 Å². The fourth-order valence-electron chi connectivity index (χ4n) is 2.57. The minimum atomic E-state index is -0.492. The number of fused-ring (bicyclic) bond motifs is 1. The summed E-state index contributed by atoms with van der Waals surface area (Å²) >= 11 is 0. The smallest absolute Gasteiger partial charge is 0.234 e. The third kappa shape index (κ3) is 2.64. The van der Waals surface area contributed by atoms with Crippen molar-refractivity contribution in [3.63, 3.8) is 0 Å². The zero-order chi connectivity index (χ0) is 14.9.